The Morgan fingerprint density at radius 2 is 2.16 bits per heavy atom. The van der Waals surface area contributed by atoms with E-state index >= 15 is 0 Å². The first-order valence-electron chi connectivity index (χ1n) is 4.96. The molecule has 0 N–H and O–H groups in total. The third-order valence-electron chi connectivity index (χ3n) is 1.84. The van der Waals surface area contributed by atoms with Gasteiger partial charge in [0.1, 0.15) is 0 Å². The fourth-order valence-electron chi connectivity index (χ4n) is 1.16. The van der Waals surface area contributed by atoms with E-state index in [0.717, 1.165) is 6.07 Å². The van der Waals surface area contributed by atoms with Gasteiger partial charge in [0.15, 0.2) is 5.69 Å². The summed E-state index contributed by atoms with van der Waals surface area (Å²) in [6, 6.07) is 1.03. The second-order valence-electron chi connectivity index (χ2n) is 3.18. The van der Waals surface area contributed by atoms with Crippen molar-refractivity contribution in [2.24, 2.45) is 0 Å². The van der Waals surface area contributed by atoms with Crippen molar-refractivity contribution < 1.29 is 27.4 Å². The van der Waals surface area contributed by atoms with Gasteiger partial charge in [0, 0.05) is 11.9 Å². The molecule has 106 valence electrons. The van der Waals surface area contributed by atoms with Gasteiger partial charge < -0.3 is 9.47 Å². The van der Waals surface area contributed by atoms with Crippen LogP contribution in [0.5, 0.6) is 5.88 Å². The normalized spacial score (nSPS) is 11.3. The van der Waals surface area contributed by atoms with E-state index < -0.39 is 18.2 Å². The molecule has 4 nitrogen and oxygen atoms in total. The van der Waals surface area contributed by atoms with E-state index in [2.05, 4.69) is 9.72 Å². The molecule has 1 rings (SSSR count). The quantitative estimate of drug-likeness (QED) is 0.434. The number of hydrogen-bond acceptors (Lipinski definition) is 4. The standard InChI is InChI=1S/C10H8ClF3INO3/c1-2-18-9(17)8-7(15)5(4-11)3-6(16-8)19-10(12,13)14/h3H,2,4H2,1H3. The number of pyridine rings is 1. The maximum absolute atomic E-state index is 12.1. The molecule has 19 heavy (non-hydrogen) atoms. The Morgan fingerprint density at radius 3 is 2.63 bits per heavy atom. The first-order valence-corrected chi connectivity index (χ1v) is 6.58. The lowest BCUT2D eigenvalue weighted by molar-refractivity contribution is -0.276. The van der Waals surface area contributed by atoms with E-state index in [9.17, 15) is 18.0 Å². The average molecular weight is 410 g/mol. The van der Waals surface area contributed by atoms with Crippen LogP contribution in [0.2, 0.25) is 0 Å². The van der Waals surface area contributed by atoms with E-state index in [1.807, 2.05) is 0 Å². The van der Waals surface area contributed by atoms with Crippen molar-refractivity contribution in [3.05, 3.63) is 20.9 Å². The minimum atomic E-state index is -4.89. The summed E-state index contributed by atoms with van der Waals surface area (Å²) in [6.45, 7) is 1.65. The molecular weight excluding hydrogens is 401 g/mol. The second-order valence-corrected chi connectivity index (χ2v) is 4.53. The maximum Gasteiger partial charge on any atom is 0.574 e. The number of nitrogens with zero attached hydrogens (tertiary/aromatic N) is 1. The number of hydrogen-bond donors (Lipinski definition) is 0. The molecule has 0 bridgehead atoms. The van der Waals surface area contributed by atoms with Crippen LogP contribution >= 0.6 is 34.2 Å². The molecule has 0 saturated carbocycles. The van der Waals surface area contributed by atoms with Crippen LogP contribution in [0.4, 0.5) is 13.2 Å². The summed E-state index contributed by atoms with van der Waals surface area (Å²) in [7, 11) is 0. The number of ether oxygens (including phenoxy) is 2. The van der Waals surface area contributed by atoms with Crippen molar-refractivity contribution in [2.45, 2.75) is 19.2 Å². The average Bonchev–Trinajstić information content (AvgIpc) is 2.29. The first kappa shape index (κ1) is 16.3. The molecule has 0 aliphatic heterocycles. The Balaban J connectivity index is 3.22. The third-order valence-corrected chi connectivity index (χ3v) is 3.33. The van der Waals surface area contributed by atoms with Gasteiger partial charge in [-0.05, 0) is 35.1 Å². The highest BCUT2D eigenvalue weighted by molar-refractivity contribution is 14.1. The van der Waals surface area contributed by atoms with Gasteiger partial charge in [-0.1, -0.05) is 0 Å². The predicted molar refractivity (Wildman–Crippen MR) is 69.2 cm³/mol. The molecule has 0 amide bonds. The smallest absolute Gasteiger partial charge is 0.461 e. The number of aromatic nitrogens is 1. The Bertz CT molecular complexity index is 482. The van der Waals surface area contributed by atoms with Crippen LogP contribution in [-0.2, 0) is 10.6 Å². The number of rotatable bonds is 4. The third kappa shape index (κ3) is 4.68. The van der Waals surface area contributed by atoms with Crippen molar-refractivity contribution in [1.82, 2.24) is 4.98 Å². The minimum Gasteiger partial charge on any atom is -0.461 e. The van der Waals surface area contributed by atoms with Gasteiger partial charge in [0.25, 0.3) is 0 Å². The molecule has 1 heterocycles. The largest absolute Gasteiger partial charge is 0.574 e. The number of carbonyl (C=O) groups excluding carboxylic acids is 1. The zero-order valence-electron chi connectivity index (χ0n) is 9.55. The molecule has 1 aromatic heterocycles. The summed E-state index contributed by atoms with van der Waals surface area (Å²) in [5, 5.41) is 0. The molecule has 1 aromatic rings. The lowest BCUT2D eigenvalue weighted by Gasteiger charge is -2.12. The number of halogens is 5. The van der Waals surface area contributed by atoms with Crippen molar-refractivity contribution in [1.29, 1.82) is 0 Å². The van der Waals surface area contributed by atoms with Crippen LogP contribution in [-0.4, -0.2) is 23.9 Å². The van der Waals surface area contributed by atoms with Crippen LogP contribution in [0.1, 0.15) is 23.0 Å². The molecule has 0 fully saturated rings. The van der Waals surface area contributed by atoms with E-state index in [-0.39, 0.29) is 18.2 Å². The van der Waals surface area contributed by atoms with Crippen molar-refractivity contribution in [3.63, 3.8) is 0 Å². The molecule has 0 aliphatic rings. The van der Waals surface area contributed by atoms with Crippen LogP contribution in [0.3, 0.4) is 0 Å². The van der Waals surface area contributed by atoms with Crippen molar-refractivity contribution in [2.75, 3.05) is 6.61 Å². The van der Waals surface area contributed by atoms with E-state index in [0.29, 0.717) is 9.13 Å². The molecule has 0 aromatic carbocycles. The van der Waals surface area contributed by atoms with Gasteiger partial charge >= 0.3 is 12.3 Å². The van der Waals surface area contributed by atoms with Gasteiger partial charge in [0.05, 0.1) is 10.2 Å². The number of carbonyl (C=O) groups is 1. The molecule has 0 unspecified atom stereocenters. The number of esters is 1. The van der Waals surface area contributed by atoms with Gasteiger partial charge in [-0.3, -0.25) is 0 Å². The van der Waals surface area contributed by atoms with Crippen molar-refractivity contribution >= 4 is 40.2 Å². The molecule has 0 atom stereocenters. The lowest BCUT2D eigenvalue weighted by atomic mass is 10.2. The summed E-state index contributed by atoms with van der Waals surface area (Å²) in [5.41, 5.74) is 0.0550. The van der Waals surface area contributed by atoms with E-state index in [4.69, 9.17) is 16.3 Å². The fourth-order valence-corrected chi connectivity index (χ4v) is 2.28. The summed E-state index contributed by atoms with van der Waals surface area (Å²) in [5.74, 6) is -1.65. The monoisotopic (exact) mass is 409 g/mol. The predicted octanol–water partition coefficient (Wildman–Crippen LogP) is 3.50. The Morgan fingerprint density at radius 1 is 1.53 bits per heavy atom. The molecule has 0 saturated heterocycles. The summed E-state index contributed by atoms with van der Waals surface area (Å²) in [4.78, 5) is 15.1. The Kier molecular flexibility index (Phi) is 5.65. The molecular formula is C10H8ClF3INO3. The molecule has 9 heteroatoms. The Labute approximate surface area is 125 Å². The maximum atomic E-state index is 12.1. The van der Waals surface area contributed by atoms with Crippen LogP contribution in [0.25, 0.3) is 0 Å². The zero-order valence-corrected chi connectivity index (χ0v) is 12.5. The summed E-state index contributed by atoms with van der Waals surface area (Å²) < 4.78 is 45.2. The van der Waals surface area contributed by atoms with E-state index in [1.165, 1.54) is 0 Å². The van der Waals surface area contributed by atoms with Gasteiger partial charge in [-0.15, -0.1) is 24.8 Å². The van der Waals surface area contributed by atoms with Crippen LogP contribution < -0.4 is 4.74 Å². The molecule has 0 aliphatic carbocycles. The van der Waals surface area contributed by atoms with Gasteiger partial charge in [0.2, 0.25) is 5.88 Å². The minimum absolute atomic E-state index is 0.0805. The highest BCUT2D eigenvalue weighted by atomic mass is 127. The van der Waals surface area contributed by atoms with Crippen LogP contribution in [0.15, 0.2) is 6.07 Å². The van der Waals surface area contributed by atoms with E-state index in [1.54, 1.807) is 29.5 Å². The van der Waals surface area contributed by atoms with Crippen molar-refractivity contribution in [3.8, 4) is 5.88 Å². The second kappa shape index (κ2) is 6.60. The molecule has 0 spiro atoms. The fraction of sp³-hybridized carbons (Fsp3) is 0.400. The summed E-state index contributed by atoms with van der Waals surface area (Å²) in [6.07, 6.45) is -4.89. The highest BCUT2D eigenvalue weighted by Crippen LogP contribution is 2.27. The zero-order chi connectivity index (χ0) is 14.6. The highest BCUT2D eigenvalue weighted by Gasteiger charge is 2.33. The molecule has 0 radical (unpaired) electrons. The van der Waals surface area contributed by atoms with Gasteiger partial charge in [-0.2, -0.15) is 0 Å². The number of alkyl halides is 4. The summed E-state index contributed by atoms with van der Waals surface area (Å²) >= 11 is 7.37. The lowest BCUT2D eigenvalue weighted by Crippen LogP contribution is -2.20. The van der Waals surface area contributed by atoms with Gasteiger partial charge in [-0.25, -0.2) is 9.78 Å². The SMILES string of the molecule is CCOC(=O)c1nc(OC(F)(F)F)cc(CCl)c1I. The first-order chi connectivity index (χ1) is 8.78. The Hall–Kier alpha value is -0.770. The van der Waals surface area contributed by atoms with Crippen LogP contribution in [0, 0.1) is 3.57 Å². The topological polar surface area (TPSA) is 48.4 Å².